The van der Waals surface area contributed by atoms with Gasteiger partial charge >= 0.3 is 12.0 Å². The summed E-state index contributed by atoms with van der Waals surface area (Å²) in [7, 11) is 0. The summed E-state index contributed by atoms with van der Waals surface area (Å²) in [4.78, 5) is 24.6. The van der Waals surface area contributed by atoms with Crippen LogP contribution >= 0.6 is 11.8 Å². The first-order chi connectivity index (χ1) is 8.42. The van der Waals surface area contributed by atoms with Crippen LogP contribution in [0.25, 0.3) is 0 Å². The Morgan fingerprint density at radius 2 is 2.00 bits per heavy atom. The van der Waals surface area contributed by atoms with Gasteiger partial charge in [0.15, 0.2) is 0 Å². The van der Waals surface area contributed by atoms with Gasteiger partial charge in [-0.1, -0.05) is 13.8 Å². The molecule has 1 unspecified atom stereocenters. The van der Waals surface area contributed by atoms with Crippen LogP contribution < -0.4 is 5.32 Å². The number of hydrogen-bond acceptors (Lipinski definition) is 3. The largest absolute Gasteiger partial charge is 0.480 e. The zero-order valence-electron chi connectivity index (χ0n) is 11.6. The Morgan fingerprint density at radius 3 is 2.39 bits per heavy atom. The standard InChI is InChI=1S/C12H24N2O3S/c1-5-14(8-9(2)3)12(17)13-10(11(15)16)6-7-18-4/h9-10H,5-8H2,1-4H3,(H,13,17)(H,15,16). The van der Waals surface area contributed by atoms with Gasteiger partial charge in [-0.25, -0.2) is 9.59 Å². The summed E-state index contributed by atoms with van der Waals surface area (Å²) in [6.07, 6.45) is 2.36. The molecule has 5 nitrogen and oxygen atoms in total. The molecule has 0 saturated carbocycles. The summed E-state index contributed by atoms with van der Waals surface area (Å²) in [6, 6.07) is -1.09. The van der Waals surface area contributed by atoms with Gasteiger partial charge in [-0.2, -0.15) is 11.8 Å². The van der Waals surface area contributed by atoms with Gasteiger partial charge in [0.05, 0.1) is 0 Å². The molecular formula is C12H24N2O3S. The number of carbonyl (C=O) groups excluding carboxylic acids is 1. The van der Waals surface area contributed by atoms with Gasteiger partial charge in [0.25, 0.3) is 0 Å². The third-order valence-electron chi connectivity index (χ3n) is 2.46. The van der Waals surface area contributed by atoms with Crippen molar-refractivity contribution in [3.63, 3.8) is 0 Å². The van der Waals surface area contributed by atoms with Gasteiger partial charge in [-0.05, 0) is 31.3 Å². The minimum Gasteiger partial charge on any atom is -0.480 e. The summed E-state index contributed by atoms with van der Waals surface area (Å²) in [5.74, 6) is 0.108. The van der Waals surface area contributed by atoms with Gasteiger partial charge in [0.1, 0.15) is 6.04 Å². The number of amides is 2. The molecule has 106 valence electrons. The van der Waals surface area contributed by atoms with Crippen LogP contribution in [-0.2, 0) is 4.79 Å². The molecule has 2 N–H and O–H groups in total. The normalized spacial score (nSPS) is 12.3. The fraction of sp³-hybridized carbons (Fsp3) is 0.833. The fourth-order valence-electron chi connectivity index (χ4n) is 1.53. The number of aliphatic carboxylic acids is 1. The zero-order valence-corrected chi connectivity index (χ0v) is 12.4. The van der Waals surface area contributed by atoms with Crippen LogP contribution in [0.4, 0.5) is 4.79 Å². The Morgan fingerprint density at radius 1 is 1.39 bits per heavy atom. The minimum absolute atomic E-state index is 0.292. The second-order valence-electron chi connectivity index (χ2n) is 4.55. The molecule has 1 atom stereocenters. The van der Waals surface area contributed by atoms with Crippen molar-refractivity contribution >= 4 is 23.8 Å². The summed E-state index contributed by atoms with van der Waals surface area (Å²) < 4.78 is 0. The van der Waals surface area contributed by atoms with Crippen molar-refractivity contribution in [1.29, 1.82) is 0 Å². The number of thioether (sulfide) groups is 1. The third-order valence-corrected chi connectivity index (χ3v) is 3.10. The first kappa shape index (κ1) is 17.1. The van der Waals surface area contributed by atoms with E-state index in [1.807, 2.05) is 27.0 Å². The van der Waals surface area contributed by atoms with Crippen LogP contribution in [0.1, 0.15) is 27.2 Å². The Labute approximate surface area is 113 Å². The van der Waals surface area contributed by atoms with Crippen molar-refractivity contribution in [1.82, 2.24) is 10.2 Å². The first-order valence-corrected chi connectivity index (χ1v) is 7.58. The molecule has 0 aliphatic heterocycles. The van der Waals surface area contributed by atoms with Crippen LogP contribution in [0, 0.1) is 5.92 Å². The van der Waals surface area contributed by atoms with E-state index in [4.69, 9.17) is 5.11 Å². The fourth-order valence-corrected chi connectivity index (χ4v) is 2.00. The molecule has 0 heterocycles. The number of carbonyl (C=O) groups is 2. The molecule has 18 heavy (non-hydrogen) atoms. The van der Waals surface area contributed by atoms with Crippen LogP contribution in [-0.4, -0.2) is 53.1 Å². The average molecular weight is 276 g/mol. The van der Waals surface area contributed by atoms with Gasteiger partial charge < -0.3 is 15.3 Å². The van der Waals surface area contributed by atoms with E-state index in [-0.39, 0.29) is 6.03 Å². The Balaban J connectivity index is 4.41. The average Bonchev–Trinajstić information content (AvgIpc) is 2.30. The SMILES string of the molecule is CCN(CC(C)C)C(=O)NC(CCSC)C(=O)O. The highest BCUT2D eigenvalue weighted by Crippen LogP contribution is 2.04. The number of nitrogens with zero attached hydrogens (tertiary/aromatic N) is 1. The van der Waals surface area contributed by atoms with E-state index >= 15 is 0 Å². The highest BCUT2D eigenvalue weighted by Gasteiger charge is 2.22. The molecule has 0 spiro atoms. The van der Waals surface area contributed by atoms with Gasteiger partial charge in [0.2, 0.25) is 0 Å². The van der Waals surface area contributed by atoms with Crippen LogP contribution in [0.3, 0.4) is 0 Å². The van der Waals surface area contributed by atoms with Crippen LogP contribution in [0.2, 0.25) is 0 Å². The molecule has 0 aliphatic carbocycles. The lowest BCUT2D eigenvalue weighted by atomic mass is 10.2. The van der Waals surface area contributed by atoms with Crippen molar-refractivity contribution in [2.24, 2.45) is 5.92 Å². The van der Waals surface area contributed by atoms with Gasteiger partial charge in [-0.3, -0.25) is 0 Å². The predicted octanol–water partition coefficient (Wildman–Crippen LogP) is 1.88. The number of rotatable bonds is 8. The Bertz CT molecular complexity index is 272. The Hall–Kier alpha value is -0.910. The van der Waals surface area contributed by atoms with E-state index in [1.54, 1.807) is 16.7 Å². The summed E-state index contributed by atoms with van der Waals surface area (Å²) in [5.41, 5.74) is 0. The van der Waals surface area contributed by atoms with E-state index in [9.17, 15) is 9.59 Å². The molecule has 0 bridgehead atoms. The van der Waals surface area contributed by atoms with Gasteiger partial charge in [-0.15, -0.1) is 0 Å². The van der Waals surface area contributed by atoms with E-state index in [1.165, 1.54) is 0 Å². The van der Waals surface area contributed by atoms with Crippen molar-refractivity contribution in [3.05, 3.63) is 0 Å². The number of nitrogens with one attached hydrogen (secondary N) is 1. The summed E-state index contributed by atoms with van der Waals surface area (Å²) in [5, 5.41) is 11.6. The lowest BCUT2D eigenvalue weighted by Gasteiger charge is -2.25. The van der Waals surface area contributed by atoms with E-state index in [0.717, 1.165) is 0 Å². The number of urea groups is 1. The lowest BCUT2D eigenvalue weighted by Crippen LogP contribution is -2.49. The molecular weight excluding hydrogens is 252 g/mol. The van der Waals surface area contributed by atoms with Crippen LogP contribution in [0.5, 0.6) is 0 Å². The Kier molecular flexibility index (Phi) is 8.62. The van der Waals surface area contributed by atoms with Crippen molar-refractivity contribution in [3.8, 4) is 0 Å². The molecule has 0 rings (SSSR count). The third kappa shape index (κ3) is 6.74. The number of carboxylic acids is 1. The molecule has 6 heteroatoms. The summed E-state index contributed by atoms with van der Waals surface area (Å²) >= 11 is 1.57. The molecule has 0 radical (unpaired) electrons. The zero-order chi connectivity index (χ0) is 14.1. The van der Waals surface area contributed by atoms with Crippen molar-refractivity contribution < 1.29 is 14.7 Å². The minimum atomic E-state index is -0.974. The number of carboxylic acid groups (broad SMARTS) is 1. The maximum Gasteiger partial charge on any atom is 0.326 e. The molecule has 0 aromatic carbocycles. The van der Waals surface area contributed by atoms with Crippen molar-refractivity contribution in [2.75, 3.05) is 25.1 Å². The van der Waals surface area contributed by atoms with Crippen LogP contribution in [0.15, 0.2) is 0 Å². The van der Waals surface area contributed by atoms with E-state index in [0.29, 0.717) is 31.2 Å². The maximum atomic E-state index is 11.9. The highest BCUT2D eigenvalue weighted by atomic mass is 32.2. The predicted molar refractivity (Wildman–Crippen MR) is 75.0 cm³/mol. The molecule has 0 aromatic rings. The maximum absolute atomic E-state index is 11.9. The monoisotopic (exact) mass is 276 g/mol. The molecule has 0 aromatic heterocycles. The highest BCUT2D eigenvalue weighted by molar-refractivity contribution is 7.98. The van der Waals surface area contributed by atoms with Crippen molar-refractivity contribution in [2.45, 2.75) is 33.2 Å². The topological polar surface area (TPSA) is 69.6 Å². The number of hydrogen-bond donors (Lipinski definition) is 2. The smallest absolute Gasteiger partial charge is 0.326 e. The second-order valence-corrected chi connectivity index (χ2v) is 5.54. The first-order valence-electron chi connectivity index (χ1n) is 6.19. The molecule has 0 saturated heterocycles. The quantitative estimate of drug-likeness (QED) is 0.710. The van der Waals surface area contributed by atoms with Gasteiger partial charge in [0, 0.05) is 13.1 Å². The lowest BCUT2D eigenvalue weighted by molar-refractivity contribution is -0.139. The molecule has 0 aliphatic rings. The van der Waals surface area contributed by atoms with E-state index in [2.05, 4.69) is 5.32 Å². The molecule has 0 fully saturated rings. The second kappa shape index (κ2) is 9.08. The van der Waals surface area contributed by atoms with E-state index < -0.39 is 12.0 Å². The molecule has 2 amide bonds. The summed E-state index contributed by atoms with van der Waals surface area (Å²) in [6.45, 7) is 7.16.